The van der Waals surface area contributed by atoms with Gasteiger partial charge >= 0.3 is 0 Å². The van der Waals surface area contributed by atoms with E-state index in [1.54, 1.807) is 7.11 Å². The molecule has 1 aromatic rings. The highest BCUT2D eigenvalue weighted by Gasteiger charge is 2.37. The van der Waals surface area contributed by atoms with Crippen LogP contribution in [0, 0.1) is 0 Å². The van der Waals surface area contributed by atoms with Crippen LogP contribution in [-0.2, 0) is 4.79 Å². The van der Waals surface area contributed by atoms with Crippen molar-refractivity contribution in [3.05, 3.63) is 39.5 Å². The van der Waals surface area contributed by atoms with Crippen LogP contribution in [0.25, 0.3) is 0 Å². The number of rotatable bonds is 3. The smallest absolute Gasteiger partial charge is 0.173 e. The fraction of sp³-hybridized carbons (Fsp3) is 0.412. The molecule has 3 rings (SSSR count). The summed E-state index contributed by atoms with van der Waals surface area (Å²) in [5.41, 5.74) is 2.84. The first kappa shape index (κ1) is 16.5. The van der Waals surface area contributed by atoms with Gasteiger partial charge in [-0.3, -0.25) is 4.79 Å². The second kappa shape index (κ2) is 6.61. The van der Waals surface area contributed by atoms with Gasteiger partial charge in [0.1, 0.15) is 5.75 Å². The van der Waals surface area contributed by atoms with E-state index in [1.165, 1.54) is 0 Å². The minimum atomic E-state index is -0.249. The van der Waals surface area contributed by atoms with Gasteiger partial charge in [-0.2, -0.15) is 0 Å². The molecule has 1 atom stereocenters. The lowest BCUT2D eigenvalue weighted by Crippen LogP contribution is -2.49. The third kappa shape index (κ3) is 2.90. The number of ketones is 1. The van der Waals surface area contributed by atoms with Gasteiger partial charge in [-0.25, -0.2) is 0 Å². The molecule has 1 aliphatic heterocycles. The number of Topliss-reactive ketones (excluding diaryl/α,β-unsaturated/α-hetero) is 1. The highest BCUT2D eigenvalue weighted by atomic mass is 79.9. The molecule has 0 aromatic heterocycles. The first-order valence-electron chi connectivity index (χ1n) is 7.74. The van der Waals surface area contributed by atoms with Gasteiger partial charge in [0, 0.05) is 34.3 Å². The Labute approximate surface area is 150 Å². The quantitative estimate of drug-likeness (QED) is 0.791. The van der Waals surface area contributed by atoms with Gasteiger partial charge in [-0.05, 0) is 50.2 Å². The van der Waals surface area contributed by atoms with Gasteiger partial charge in [0.25, 0.3) is 0 Å². The summed E-state index contributed by atoms with van der Waals surface area (Å²) in [6.45, 7) is 2.82. The average Bonchev–Trinajstić information content (AvgIpc) is 2.54. The van der Waals surface area contributed by atoms with Crippen LogP contribution >= 0.6 is 28.1 Å². The number of benzene rings is 1. The Morgan fingerprint density at radius 2 is 2.22 bits per heavy atom. The third-order valence-corrected chi connectivity index (χ3v) is 5.21. The average molecular weight is 395 g/mol. The Morgan fingerprint density at radius 1 is 1.43 bits per heavy atom. The number of hydrogen-bond donors (Lipinski definition) is 1. The number of nitrogens with zero attached hydrogens (tertiary/aromatic N) is 1. The second-order valence-corrected chi connectivity index (χ2v) is 6.95. The van der Waals surface area contributed by atoms with Crippen LogP contribution in [-0.4, -0.2) is 29.5 Å². The van der Waals surface area contributed by atoms with Crippen molar-refractivity contribution in [2.24, 2.45) is 0 Å². The Kier molecular flexibility index (Phi) is 4.73. The van der Waals surface area contributed by atoms with Gasteiger partial charge < -0.3 is 15.0 Å². The van der Waals surface area contributed by atoms with Crippen molar-refractivity contribution in [1.29, 1.82) is 0 Å². The van der Waals surface area contributed by atoms with Crippen LogP contribution in [0.3, 0.4) is 0 Å². The van der Waals surface area contributed by atoms with Crippen LogP contribution in [0.2, 0.25) is 0 Å². The highest BCUT2D eigenvalue weighted by molar-refractivity contribution is 9.10. The second-order valence-electron chi connectivity index (χ2n) is 5.65. The SMILES string of the molecule is CCN1C(=S)NC(c2cc(Br)ccc2OC)C2=C1CCCC2=O. The van der Waals surface area contributed by atoms with Crippen molar-refractivity contribution in [3.8, 4) is 5.75 Å². The molecule has 0 saturated carbocycles. The molecule has 1 N–H and O–H groups in total. The van der Waals surface area contributed by atoms with Crippen molar-refractivity contribution >= 4 is 39.0 Å². The van der Waals surface area contributed by atoms with E-state index in [-0.39, 0.29) is 11.8 Å². The Hall–Kier alpha value is -1.40. The molecule has 1 heterocycles. The number of carbonyl (C=O) groups excluding carboxylic acids is 1. The molecule has 1 aliphatic carbocycles. The summed E-state index contributed by atoms with van der Waals surface area (Å²) < 4.78 is 6.45. The summed E-state index contributed by atoms with van der Waals surface area (Å²) >= 11 is 9.05. The molecule has 1 aromatic carbocycles. The molecule has 0 fully saturated rings. The maximum atomic E-state index is 12.6. The summed E-state index contributed by atoms with van der Waals surface area (Å²) in [4.78, 5) is 14.7. The molecule has 0 bridgehead atoms. The van der Waals surface area contributed by atoms with Crippen LogP contribution in [0.1, 0.15) is 37.8 Å². The first-order valence-corrected chi connectivity index (χ1v) is 8.94. The lowest BCUT2D eigenvalue weighted by Gasteiger charge is -2.40. The van der Waals surface area contributed by atoms with E-state index in [1.807, 2.05) is 23.1 Å². The molecule has 0 amide bonds. The Balaban J connectivity index is 2.17. The largest absolute Gasteiger partial charge is 0.496 e. The van der Waals surface area contributed by atoms with E-state index >= 15 is 0 Å². The Bertz CT molecular complexity index is 702. The number of ether oxygens (including phenoxy) is 1. The van der Waals surface area contributed by atoms with Crippen molar-refractivity contribution < 1.29 is 9.53 Å². The van der Waals surface area contributed by atoms with Crippen LogP contribution in [0.5, 0.6) is 5.75 Å². The van der Waals surface area contributed by atoms with E-state index in [9.17, 15) is 4.79 Å². The van der Waals surface area contributed by atoms with E-state index < -0.39 is 0 Å². The molecule has 6 heteroatoms. The van der Waals surface area contributed by atoms with Crippen LogP contribution in [0.15, 0.2) is 33.9 Å². The van der Waals surface area contributed by atoms with Gasteiger partial charge in [0.05, 0.1) is 13.2 Å². The zero-order valence-corrected chi connectivity index (χ0v) is 15.6. The molecule has 1 unspecified atom stereocenters. The highest BCUT2D eigenvalue weighted by Crippen LogP contribution is 2.40. The van der Waals surface area contributed by atoms with Crippen LogP contribution < -0.4 is 10.1 Å². The van der Waals surface area contributed by atoms with Crippen molar-refractivity contribution in [3.63, 3.8) is 0 Å². The lowest BCUT2D eigenvalue weighted by atomic mass is 9.84. The van der Waals surface area contributed by atoms with Gasteiger partial charge in [-0.15, -0.1) is 0 Å². The monoisotopic (exact) mass is 394 g/mol. The fourth-order valence-electron chi connectivity index (χ4n) is 3.35. The minimum absolute atomic E-state index is 0.201. The minimum Gasteiger partial charge on any atom is -0.496 e. The number of methoxy groups -OCH3 is 1. The third-order valence-electron chi connectivity index (χ3n) is 4.38. The molecule has 0 radical (unpaired) electrons. The molecule has 0 saturated heterocycles. The lowest BCUT2D eigenvalue weighted by molar-refractivity contribution is -0.116. The van der Waals surface area contributed by atoms with Gasteiger partial charge in [0.2, 0.25) is 0 Å². The van der Waals surface area contributed by atoms with Gasteiger partial charge in [0.15, 0.2) is 10.9 Å². The summed E-state index contributed by atoms with van der Waals surface area (Å²) in [7, 11) is 1.64. The maximum absolute atomic E-state index is 12.6. The molecule has 4 nitrogen and oxygen atoms in total. The van der Waals surface area contributed by atoms with Crippen LogP contribution in [0.4, 0.5) is 0 Å². The number of thiocarbonyl (C=S) groups is 1. The molecule has 23 heavy (non-hydrogen) atoms. The number of allylic oxidation sites excluding steroid dienone is 1. The van der Waals surface area contributed by atoms with E-state index in [4.69, 9.17) is 17.0 Å². The van der Waals surface area contributed by atoms with Gasteiger partial charge in [-0.1, -0.05) is 15.9 Å². The summed E-state index contributed by atoms with van der Waals surface area (Å²) in [6.07, 6.45) is 2.38. The maximum Gasteiger partial charge on any atom is 0.173 e. The molecule has 122 valence electrons. The molecule has 2 aliphatic rings. The summed E-state index contributed by atoms with van der Waals surface area (Å²) in [5.74, 6) is 0.954. The Morgan fingerprint density at radius 3 is 2.91 bits per heavy atom. The zero-order chi connectivity index (χ0) is 16.6. The summed E-state index contributed by atoms with van der Waals surface area (Å²) in [6, 6.07) is 5.58. The summed E-state index contributed by atoms with van der Waals surface area (Å²) in [5, 5.41) is 4.02. The predicted molar refractivity (Wildman–Crippen MR) is 97.4 cm³/mol. The van der Waals surface area contributed by atoms with Crippen molar-refractivity contribution in [2.75, 3.05) is 13.7 Å². The number of halogens is 1. The topological polar surface area (TPSA) is 41.6 Å². The van der Waals surface area contributed by atoms with E-state index in [0.29, 0.717) is 11.5 Å². The fourth-order valence-corrected chi connectivity index (χ4v) is 4.09. The zero-order valence-electron chi connectivity index (χ0n) is 13.2. The van der Waals surface area contributed by atoms with E-state index in [2.05, 4.69) is 28.2 Å². The first-order chi connectivity index (χ1) is 11.1. The molecule has 0 spiro atoms. The number of nitrogens with one attached hydrogen (secondary N) is 1. The molecular formula is C17H19BrN2O2S. The van der Waals surface area contributed by atoms with Crippen molar-refractivity contribution in [2.45, 2.75) is 32.2 Å². The number of hydrogen-bond acceptors (Lipinski definition) is 3. The standard InChI is InChI=1S/C17H19BrN2O2S/c1-3-20-12-5-4-6-13(21)15(12)16(19-17(20)23)11-9-10(18)7-8-14(11)22-2/h7-9,16H,3-6H2,1-2H3,(H,19,23). The normalized spacial score (nSPS) is 21.2. The van der Waals surface area contributed by atoms with E-state index in [0.717, 1.165) is 46.4 Å². The number of carbonyl (C=O) groups is 1. The molecular weight excluding hydrogens is 376 g/mol. The van der Waals surface area contributed by atoms with Crippen molar-refractivity contribution in [1.82, 2.24) is 10.2 Å². The predicted octanol–water partition coefficient (Wildman–Crippen LogP) is 3.72.